The molecule has 128 valence electrons. The fraction of sp³-hybridized carbons (Fsp3) is 0.278. The minimum Gasteiger partial charge on any atom is -0.481 e. The molecule has 7 heteroatoms. The van der Waals surface area contributed by atoms with E-state index in [0.717, 1.165) is 33.1 Å². The summed E-state index contributed by atoms with van der Waals surface area (Å²) in [6, 6.07) is 10.1. The van der Waals surface area contributed by atoms with Gasteiger partial charge in [0.15, 0.2) is 5.16 Å². The molecule has 1 atom stereocenters. The van der Waals surface area contributed by atoms with Gasteiger partial charge in [-0.2, -0.15) is 4.98 Å². The SMILES string of the molecule is COc1nc(SC)nc2c1CC1=C(S2)C(=O)NC(c2ccccc2)C1. The number of ether oxygens (including phenoxy) is 1. The standard InChI is InChI=1S/C18H17N3O2S2/c1-23-16-12-8-11-9-13(10-6-4-3-5-7-10)19-15(22)14(11)25-17(12)21-18(20-16)24-2/h3-7,13H,8-9H2,1-2H3,(H,19,22). The minimum absolute atomic E-state index is 0.00647. The monoisotopic (exact) mass is 371 g/mol. The molecule has 1 unspecified atom stereocenters. The van der Waals surface area contributed by atoms with E-state index in [1.807, 2.05) is 24.5 Å². The second-order valence-electron chi connectivity index (χ2n) is 5.86. The summed E-state index contributed by atoms with van der Waals surface area (Å²) in [6.45, 7) is 0. The van der Waals surface area contributed by atoms with E-state index in [9.17, 15) is 4.79 Å². The van der Waals surface area contributed by atoms with Crippen molar-refractivity contribution in [2.24, 2.45) is 0 Å². The highest BCUT2D eigenvalue weighted by atomic mass is 32.2. The van der Waals surface area contributed by atoms with Crippen molar-refractivity contribution in [3.63, 3.8) is 0 Å². The highest BCUT2D eigenvalue weighted by Crippen LogP contribution is 2.45. The number of nitrogens with one attached hydrogen (secondary N) is 1. The fourth-order valence-corrected chi connectivity index (χ4v) is 4.64. The minimum atomic E-state index is -0.0194. The maximum Gasteiger partial charge on any atom is 0.258 e. The number of amides is 1. The average molecular weight is 371 g/mol. The van der Waals surface area contributed by atoms with Crippen LogP contribution in [0, 0.1) is 0 Å². The normalized spacial score (nSPS) is 19.1. The Balaban J connectivity index is 1.69. The van der Waals surface area contributed by atoms with Crippen molar-refractivity contribution in [3.8, 4) is 5.88 Å². The summed E-state index contributed by atoms with van der Waals surface area (Å²) in [6.07, 6.45) is 3.38. The molecule has 1 aromatic carbocycles. The van der Waals surface area contributed by atoms with Crippen LogP contribution in [-0.2, 0) is 11.2 Å². The van der Waals surface area contributed by atoms with Crippen molar-refractivity contribution >= 4 is 29.4 Å². The summed E-state index contributed by atoms with van der Waals surface area (Å²) in [5.41, 5.74) is 3.23. The van der Waals surface area contributed by atoms with E-state index in [1.54, 1.807) is 7.11 Å². The lowest BCUT2D eigenvalue weighted by molar-refractivity contribution is -0.118. The zero-order valence-electron chi connectivity index (χ0n) is 13.9. The highest BCUT2D eigenvalue weighted by Gasteiger charge is 2.34. The molecule has 2 aliphatic heterocycles. The maximum atomic E-state index is 12.7. The number of fused-ring (bicyclic) bond motifs is 1. The summed E-state index contributed by atoms with van der Waals surface area (Å²) in [4.78, 5) is 22.4. The first-order chi connectivity index (χ1) is 12.2. The molecular weight excluding hydrogens is 354 g/mol. The van der Waals surface area contributed by atoms with Crippen LogP contribution in [0.1, 0.15) is 23.6 Å². The molecule has 4 rings (SSSR count). The average Bonchev–Trinajstić information content (AvgIpc) is 2.66. The molecule has 1 N–H and O–H groups in total. The molecule has 0 radical (unpaired) electrons. The van der Waals surface area contributed by atoms with Crippen LogP contribution in [0.25, 0.3) is 0 Å². The van der Waals surface area contributed by atoms with Crippen molar-refractivity contribution in [3.05, 3.63) is 51.9 Å². The first kappa shape index (κ1) is 16.5. The molecular formula is C18H17N3O2S2. The van der Waals surface area contributed by atoms with Crippen LogP contribution in [0.3, 0.4) is 0 Å². The van der Waals surface area contributed by atoms with Crippen molar-refractivity contribution in [2.45, 2.75) is 29.1 Å². The van der Waals surface area contributed by atoms with E-state index >= 15 is 0 Å². The van der Waals surface area contributed by atoms with E-state index in [2.05, 4.69) is 27.4 Å². The number of hydrogen-bond acceptors (Lipinski definition) is 6. The molecule has 25 heavy (non-hydrogen) atoms. The largest absolute Gasteiger partial charge is 0.481 e. The predicted octanol–water partition coefficient (Wildman–Crippen LogP) is 3.37. The van der Waals surface area contributed by atoms with Gasteiger partial charge in [-0.3, -0.25) is 4.79 Å². The number of aromatic nitrogens is 2. The van der Waals surface area contributed by atoms with E-state index in [0.29, 0.717) is 17.5 Å². The zero-order valence-corrected chi connectivity index (χ0v) is 15.5. The van der Waals surface area contributed by atoms with Gasteiger partial charge in [-0.1, -0.05) is 53.9 Å². The summed E-state index contributed by atoms with van der Waals surface area (Å²) in [5, 5.41) is 4.60. The van der Waals surface area contributed by atoms with Gasteiger partial charge >= 0.3 is 0 Å². The van der Waals surface area contributed by atoms with E-state index in [4.69, 9.17) is 4.74 Å². The van der Waals surface area contributed by atoms with Gasteiger partial charge in [0.25, 0.3) is 5.91 Å². The number of benzene rings is 1. The Hall–Kier alpha value is -1.99. The van der Waals surface area contributed by atoms with Gasteiger partial charge in [-0.25, -0.2) is 4.98 Å². The third kappa shape index (κ3) is 3.02. The zero-order chi connectivity index (χ0) is 17.4. The Labute approximate surface area is 154 Å². The number of nitrogens with zero attached hydrogens (tertiary/aromatic N) is 2. The fourth-order valence-electron chi connectivity index (χ4n) is 3.16. The van der Waals surface area contributed by atoms with Gasteiger partial charge in [-0.15, -0.1) is 0 Å². The lowest BCUT2D eigenvalue weighted by atomic mass is 9.92. The van der Waals surface area contributed by atoms with Crippen LogP contribution in [0.2, 0.25) is 0 Å². The molecule has 0 bridgehead atoms. The van der Waals surface area contributed by atoms with Crippen molar-refractivity contribution in [1.82, 2.24) is 15.3 Å². The summed E-state index contributed by atoms with van der Waals surface area (Å²) in [7, 11) is 1.63. The number of thioether (sulfide) groups is 2. The molecule has 5 nitrogen and oxygen atoms in total. The molecule has 3 heterocycles. The topological polar surface area (TPSA) is 64.1 Å². The van der Waals surface area contributed by atoms with Crippen LogP contribution in [-0.4, -0.2) is 29.2 Å². The lowest BCUT2D eigenvalue weighted by Gasteiger charge is -2.31. The van der Waals surface area contributed by atoms with E-state index in [-0.39, 0.29) is 11.9 Å². The van der Waals surface area contributed by atoms with Crippen LogP contribution in [0.15, 0.2) is 51.0 Å². The van der Waals surface area contributed by atoms with Gasteiger partial charge in [0.1, 0.15) is 5.03 Å². The molecule has 2 aromatic rings. The van der Waals surface area contributed by atoms with E-state index < -0.39 is 0 Å². The summed E-state index contributed by atoms with van der Waals surface area (Å²) < 4.78 is 5.47. The number of methoxy groups -OCH3 is 1. The van der Waals surface area contributed by atoms with Crippen molar-refractivity contribution < 1.29 is 9.53 Å². The maximum absolute atomic E-state index is 12.7. The third-order valence-corrected chi connectivity index (χ3v) is 6.12. The Morgan fingerprint density at radius 3 is 2.80 bits per heavy atom. The first-order valence-electron chi connectivity index (χ1n) is 7.94. The van der Waals surface area contributed by atoms with Gasteiger partial charge in [-0.05, 0) is 23.8 Å². The molecule has 1 aromatic heterocycles. The molecule has 0 saturated carbocycles. The second-order valence-corrected chi connectivity index (χ2v) is 7.63. The Kier molecular flexibility index (Phi) is 4.43. The van der Waals surface area contributed by atoms with Crippen LogP contribution in [0.4, 0.5) is 0 Å². The number of rotatable bonds is 3. The van der Waals surface area contributed by atoms with Gasteiger partial charge in [0, 0.05) is 6.42 Å². The van der Waals surface area contributed by atoms with Gasteiger partial charge < -0.3 is 10.1 Å². The molecule has 2 aliphatic rings. The number of carbonyl (C=O) groups excluding carboxylic acids is 1. The van der Waals surface area contributed by atoms with Crippen LogP contribution < -0.4 is 10.1 Å². The Morgan fingerprint density at radius 1 is 1.28 bits per heavy atom. The Morgan fingerprint density at radius 2 is 2.08 bits per heavy atom. The molecule has 0 spiro atoms. The molecule has 1 amide bonds. The van der Waals surface area contributed by atoms with Gasteiger partial charge in [0.2, 0.25) is 5.88 Å². The summed E-state index contributed by atoms with van der Waals surface area (Å²) >= 11 is 2.90. The smallest absolute Gasteiger partial charge is 0.258 e. The highest BCUT2D eigenvalue weighted by molar-refractivity contribution is 8.04. The predicted molar refractivity (Wildman–Crippen MR) is 98.9 cm³/mol. The first-order valence-corrected chi connectivity index (χ1v) is 9.98. The number of carbonyl (C=O) groups is 1. The molecule has 0 aliphatic carbocycles. The third-order valence-electron chi connectivity index (χ3n) is 4.36. The lowest BCUT2D eigenvalue weighted by Crippen LogP contribution is -2.35. The second kappa shape index (κ2) is 6.72. The van der Waals surface area contributed by atoms with E-state index in [1.165, 1.54) is 23.5 Å². The number of hydrogen-bond donors (Lipinski definition) is 1. The Bertz CT molecular complexity index is 868. The van der Waals surface area contributed by atoms with Gasteiger partial charge in [0.05, 0.1) is 23.6 Å². The van der Waals surface area contributed by atoms with Crippen LogP contribution >= 0.6 is 23.5 Å². The molecule has 0 saturated heterocycles. The van der Waals surface area contributed by atoms with Crippen molar-refractivity contribution in [2.75, 3.05) is 13.4 Å². The molecule has 0 fully saturated rings. The van der Waals surface area contributed by atoms with Crippen LogP contribution in [0.5, 0.6) is 5.88 Å². The van der Waals surface area contributed by atoms with Crippen molar-refractivity contribution in [1.29, 1.82) is 0 Å². The quantitative estimate of drug-likeness (QED) is 0.507. The summed E-state index contributed by atoms with van der Waals surface area (Å²) in [5.74, 6) is 0.588.